The number of rotatable bonds is 5. The van der Waals surface area contributed by atoms with E-state index in [9.17, 15) is 0 Å². The molecule has 0 spiro atoms. The number of nitrogens with one attached hydrogen (secondary N) is 1. The van der Waals surface area contributed by atoms with Crippen molar-refractivity contribution in [1.29, 1.82) is 0 Å². The molecular weight excluding hydrogens is 318 g/mol. The number of halogens is 1. The zero-order valence-electron chi connectivity index (χ0n) is 12.5. The third kappa shape index (κ3) is 3.37. The van der Waals surface area contributed by atoms with E-state index in [-0.39, 0.29) is 6.01 Å². The van der Waals surface area contributed by atoms with Gasteiger partial charge in [0.05, 0.1) is 19.2 Å². The zero-order valence-corrected chi connectivity index (χ0v) is 13.3. The molecule has 0 aliphatic heterocycles. The van der Waals surface area contributed by atoms with Crippen molar-refractivity contribution in [3.63, 3.8) is 0 Å². The van der Waals surface area contributed by atoms with Crippen LogP contribution in [0.5, 0.6) is 11.5 Å². The lowest BCUT2D eigenvalue weighted by atomic mass is 10.2. The van der Waals surface area contributed by atoms with Gasteiger partial charge in [0.1, 0.15) is 11.5 Å². The molecule has 0 amide bonds. The molecule has 0 saturated heterocycles. The van der Waals surface area contributed by atoms with Crippen molar-refractivity contribution in [2.45, 2.75) is 0 Å². The molecular formula is C16H14ClN3O3. The lowest BCUT2D eigenvalue weighted by molar-refractivity contribution is 0.415. The lowest BCUT2D eigenvalue weighted by Gasteiger charge is -2.05. The second-order valence-electron chi connectivity index (χ2n) is 4.63. The Bertz CT molecular complexity index is 803. The summed E-state index contributed by atoms with van der Waals surface area (Å²) in [5.74, 6) is 1.85. The van der Waals surface area contributed by atoms with Crippen molar-refractivity contribution in [2.24, 2.45) is 0 Å². The second-order valence-corrected chi connectivity index (χ2v) is 5.03. The molecule has 1 heterocycles. The molecule has 3 rings (SSSR count). The van der Waals surface area contributed by atoms with Crippen LogP contribution in [0.3, 0.4) is 0 Å². The molecule has 2 aromatic carbocycles. The van der Waals surface area contributed by atoms with Crippen LogP contribution in [-0.2, 0) is 0 Å². The minimum absolute atomic E-state index is 0.275. The highest BCUT2D eigenvalue weighted by Gasteiger charge is 2.10. The summed E-state index contributed by atoms with van der Waals surface area (Å²) in [6.45, 7) is 0. The second kappa shape index (κ2) is 6.58. The quantitative estimate of drug-likeness (QED) is 0.757. The van der Waals surface area contributed by atoms with E-state index in [2.05, 4.69) is 15.5 Å². The summed E-state index contributed by atoms with van der Waals surface area (Å²) in [5.41, 5.74) is 1.55. The van der Waals surface area contributed by atoms with Gasteiger partial charge >= 0.3 is 6.01 Å². The third-order valence-corrected chi connectivity index (χ3v) is 3.47. The predicted octanol–water partition coefficient (Wildman–Crippen LogP) is 4.15. The van der Waals surface area contributed by atoms with E-state index in [4.69, 9.17) is 25.6 Å². The first kappa shape index (κ1) is 15.2. The Kier molecular flexibility index (Phi) is 4.34. The monoisotopic (exact) mass is 331 g/mol. The molecule has 6 nitrogen and oxygen atoms in total. The molecule has 1 N–H and O–H groups in total. The SMILES string of the molecule is COc1ccc(-c2noc(Nc3ccc(OC)c(Cl)c3)n2)cc1. The maximum atomic E-state index is 6.08. The molecule has 0 aliphatic rings. The van der Waals surface area contributed by atoms with Crippen molar-refractivity contribution >= 4 is 23.3 Å². The molecule has 0 unspecified atom stereocenters. The predicted molar refractivity (Wildman–Crippen MR) is 87.6 cm³/mol. The van der Waals surface area contributed by atoms with E-state index in [1.807, 2.05) is 30.3 Å². The highest BCUT2D eigenvalue weighted by atomic mass is 35.5. The van der Waals surface area contributed by atoms with Crippen LogP contribution in [0.2, 0.25) is 5.02 Å². The van der Waals surface area contributed by atoms with Crippen molar-refractivity contribution in [3.05, 3.63) is 47.5 Å². The van der Waals surface area contributed by atoms with Gasteiger partial charge in [-0.05, 0) is 42.5 Å². The average Bonchev–Trinajstić information content (AvgIpc) is 3.03. The first-order valence-electron chi connectivity index (χ1n) is 6.78. The van der Waals surface area contributed by atoms with E-state index >= 15 is 0 Å². The number of aromatic nitrogens is 2. The van der Waals surface area contributed by atoms with Crippen LogP contribution >= 0.6 is 11.6 Å². The molecule has 0 aliphatic carbocycles. The number of ether oxygens (including phenoxy) is 2. The Morgan fingerprint density at radius 2 is 1.83 bits per heavy atom. The highest BCUT2D eigenvalue weighted by molar-refractivity contribution is 6.32. The number of hydrogen-bond acceptors (Lipinski definition) is 6. The Morgan fingerprint density at radius 1 is 1.04 bits per heavy atom. The number of nitrogens with zero attached hydrogens (tertiary/aromatic N) is 2. The highest BCUT2D eigenvalue weighted by Crippen LogP contribution is 2.29. The van der Waals surface area contributed by atoms with Gasteiger partial charge in [0.2, 0.25) is 5.82 Å². The first-order chi connectivity index (χ1) is 11.2. The van der Waals surface area contributed by atoms with Crippen LogP contribution in [-0.4, -0.2) is 24.4 Å². The molecule has 0 fully saturated rings. The normalized spacial score (nSPS) is 10.4. The zero-order chi connectivity index (χ0) is 16.2. The van der Waals surface area contributed by atoms with Crippen LogP contribution in [0.25, 0.3) is 11.4 Å². The van der Waals surface area contributed by atoms with Gasteiger partial charge in [-0.15, -0.1) is 0 Å². The van der Waals surface area contributed by atoms with Crippen LogP contribution in [0.1, 0.15) is 0 Å². The maximum Gasteiger partial charge on any atom is 0.326 e. The number of benzene rings is 2. The molecule has 118 valence electrons. The van der Waals surface area contributed by atoms with Gasteiger partial charge in [0, 0.05) is 11.3 Å². The van der Waals surface area contributed by atoms with Crippen molar-refractivity contribution in [1.82, 2.24) is 10.1 Å². The van der Waals surface area contributed by atoms with Gasteiger partial charge in [-0.2, -0.15) is 4.98 Å². The van der Waals surface area contributed by atoms with E-state index < -0.39 is 0 Å². The Hall–Kier alpha value is -2.73. The van der Waals surface area contributed by atoms with Gasteiger partial charge in [-0.1, -0.05) is 16.8 Å². The summed E-state index contributed by atoms with van der Waals surface area (Å²) in [6.07, 6.45) is 0. The van der Waals surface area contributed by atoms with Gasteiger partial charge in [-0.25, -0.2) is 0 Å². The summed E-state index contributed by atoms with van der Waals surface area (Å²) in [4.78, 5) is 4.30. The van der Waals surface area contributed by atoms with E-state index in [0.29, 0.717) is 16.6 Å². The molecule has 3 aromatic rings. The summed E-state index contributed by atoms with van der Waals surface area (Å²) in [6, 6.07) is 12.9. The Morgan fingerprint density at radius 3 is 2.48 bits per heavy atom. The van der Waals surface area contributed by atoms with Gasteiger partial charge in [0.25, 0.3) is 0 Å². The summed E-state index contributed by atoms with van der Waals surface area (Å²) in [5, 5.41) is 7.44. The lowest BCUT2D eigenvalue weighted by Crippen LogP contribution is -1.92. The summed E-state index contributed by atoms with van der Waals surface area (Å²) < 4.78 is 15.4. The fourth-order valence-corrected chi connectivity index (χ4v) is 2.26. The van der Waals surface area contributed by atoms with E-state index in [0.717, 1.165) is 17.0 Å². The van der Waals surface area contributed by atoms with Crippen molar-refractivity contribution in [3.8, 4) is 22.9 Å². The van der Waals surface area contributed by atoms with Crippen LogP contribution in [0.15, 0.2) is 47.0 Å². The van der Waals surface area contributed by atoms with Crippen LogP contribution in [0, 0.1) is 0 Å². The van der Waals surface area contributed by atoms with Crippen LogP contribution < -0.4 is 14.8 Å². The molecule has 23 heavy (non-hydrogen) atoms. The number of anilines is 2. The minimum atomic E-state index is 0.275. The average molecular weight is 332 g/mol. The summed E-state index contributed by atoms with van der Waals surface area (Å²) >= 11 is 6.08. The van der Waals surface area contributed by atoms with Crippen molar-refractivity contribution < 1.29 is 14.0 Å². The standard InChI is InChI=1S/C16H14ClN3O3/c1-21-12-6-3-10(4-7-12)15-19-16(23-20-15)18-11-5-8-14(22-2)13(17)9-11/h3-9H,1-2H3,(H,18,19,20). The van der Waals surface area contributed by atoms with E-state index in [1.54, 1.807) is 26.4 Å². The molecule has 0 atom stereocenters. The fraction of sp³-hybridized carbons (Fsp3) is 0.125. The van der Waals surface area contributed by atoms with E-state index in [1.165, 1.54) is 0 Å². The first-order valence-corrected chi connectivity index (χ1v) is 7.16. The van der Waals surface area contributed by atoms with Crippen molar-refractivity contribution in [2.75, 3.05) is 19.5 Å². The molecule has 0 bridgehead atoms. The topological polar surface area (TPSA) is 69.4 Å². The number of hydrogen-bond donors (Lipinski definition) is 1. The fourth-order valence-electron chi connectivity index (χ4n) is 2.00. The molecule has 0 radical (unpaired) electrons. The maximum absolute atomic E-state index is 6.08. The smallest absolute Gasteiger partial charge is 0.326 e. The molecule has 7 heteroatoms. The van der Waals surface area contributed by atoms with Gasteiger partial charge in [0.15, 0.2) is 0 Å². The molecule has 1 aromatic heterocycles. The third-order valence-electron chi connectivity index (χ3n) is 3.18. The number of methoxy groups -OCH3 is 2. The molecule has 0 saturated carbocycles. The minimum Gasteiger partial charge on any atom is -0.497 e. The van der Waals surface area contributed by atoms with Crippen LogP contribution in [0.4, 0.5) is 11.7 Å². The Balaban J connectivity index is 1.77. The van der Waals surface area contributed by atoms with Gasteiger partial charge in [-0.3, -0.25) is 0 Å². The largest absolute Gasteiger partial charge is 0.497 e. The summed E-state index contributed by atoms with van der Waals surface area (Å²) in [7, 11) is 3.18. The Labute approximate surface area is 138 Å². The van der Waals surface area contributed by atoms with Gasteiger partial charge < -0.3 is 19.3 Å².